The number of ether oxygens (including phenoxy) is 1. The molecule has 0 aliphatic rings. The Balaban J connectivity index is 3.40. The summed E-state index contributed by atoms with van der Waals surface area (Å²) >= 11 is 6.81. The lowest BCUT2D eigenvalue weighted by atomic mass is 10.2. The molecule has 82 valence electrons. The van der Waals surface area contributed by atoms with Gasteiger partial charge in [-0.25, -0.2) is 13.8 Å². The summed E-state index contributed by atoms with van der Waals surface area (Å²) in [5, 5.41) is -0.889. The Kier molecular flexibility index (Phi) is 4.21. The first-order chi connectivity index (χ1) is 6.97. The number of aromatic nitrogens is 1. The average molecular weight is 347 g/mol. The van der Waals surface area contributed by atoms with Crippen LogP contribution in [0.15, 0.2) is 6.07 Å². The number of hydrogen-bond acceptors (Lipinski definition) is 3. The Morgan fingerprint density at radius 2 is 2.27 bits per heavy atom. The monoisotopic (exact) mass is 347 g/mol. The van der Waals surface area contributed by atoms with Crippen molar-refractivity contribution in [3.8, 4) is 5.88 Å². The van der Waals surface area contributed by atoms with Crippen LogP contribution in [0.1, 0.15) is 22.5 Å². The third-order valence-electron chi connectivity index (χ3n) is 1.59. The molecule has 15 heavy (non-hydrogen) atoms. The standard InChI is InChI=1S/C8H5ClF2INO2/c1-15-4-2-3(8(10)11)5(12)6(13-4)7(9)14/h2,8H,1H3. The summed E-state index contributed by atoms with van der Waals surface area (Å²) in [6, 6.07) is 1.08. The van der Waals surface area contributed by atoms with Gasteiger partial charge in [-0.3, -0.25) is 4.79 Å². The van der Waals surface area contributed by atoms with Gasteiger partial charge in [0.05, 0.1) is 10.7 Å². The second-order valence-electron chi connectivity index (χ2n) is 2.49. The van der Waals surface area contributed by atoms with Crippen molar-refractivity contribution in [1.29, 1.82) is 0 Å². The topological polar surface area (TPSA) is 39.2 Å². The van der Waals surface area contributed by atoms with E-state index in [4.69, 9.17) is 16.3 Å². The van der Waals surface area contributed by atoms with Gasteiger partial charge in [0.25, 0.3) is 11.7 Å². The maximum Gasteiger partial charge on any atom is 0.272 e. The highest BCUT2D eigenvalue weighted by Crippen LogP contribution is 2.29. The molecule has 0 aliphatic carbocycles. The molecule has 1 rings (SSSR count). The lowest BCUT2D eigenvalue weighted by Crippen LogP contribution is -2.04. The smallest absolute Gasteiger partial charge is 0.272 e. The van der Waals surface area contributed by atoms with Gasteiger partial charge in [-0.2, -0.15) is 0 Å². The van der Waals surface area contributed by atoms with Gasteiger partial charge in [-0.05, 0) is 34.2 Å². The summed E-state index contributed by atoms with van der Waals surface area (Å²) in [5.74, 6) is -0.0604. The zero-order chi connectivity index (χ0) is 11.6. The fraction of sp³-hybridized carbons (Fsp3) is 0.250. The molecular formula is C8H5ClF2INO2. The Morgan fingerprint density at radius 1 is 1.67 bits per heavy atom. The van der Waals surface area contributed by atoms with E-state index in [2.05, 4.69) is 4.98 Å². The Morgan fingerprint density at radius 3 is 2.67 bits per heavy atom. The summed E-state index contributed by atoms with van der Waals surface area (Å²) in [4.78, 5) is 14.6. The first-order valence-corrected chi connectivity index (χ1v) is 5.15. The summed E-state index contributed by atoms with van der Waals surface area (Å²) < 4.78 is 29.8. The lowest BCUT2D eigenvalue weighted by molar-refractivity contribution is 0.107. The molecule has 0 N–H and O–H groups in total. The van der Waals surface area contributed by atoms with Gasteiger partial charge in [0, 0.05) is 11.6 Å². The van der Waals surface area contributed by atoms with Crippen molar-refractivity contribution in [3.63, 3.8) is 0 Å². The number of hydrogen-bond donors (Lipinski definition) is 0. The van der Waals surface area contributed by atoms with Gasteiger partial charge in [0.2, 0.25) is 5.88 Å². The van der Waals surface area contributed by atoms with Crippen LogP contribution >= 0.6 is 34.2 Å². The average Bonchev–Trinajstić information content (AvgIpc) is 2.17. The molecule has 0 aliphatic heterocycles. The highest BCUT2D eigenvalue weighted by Gasteiger charge is 2.20. The first-order valence-electron chi connectivity index (χ1n) is 3.69. The molecule has 1 aromatic rings. The molecule has 1 aromatic heterocycles. The molecule has 0 aromatic carbocycles. The van der Waals surface area contributed by atoms with Crippen molar-refractivity contribution < 1.29 is 18.3 Å². The number of nitrogens with zero attached hydrogens (tertiary/aromatic N) is 1. The molecule has 0 saturated heterocycles. The highest BCUT2D eigenvalue weighted by molar-refractivity contribution is 14.1. The van der Waals surface area contributed by atoms with Crippen LogP contribution in [0.3, 0.4) is 0 Å². The summed E-state index contributed by atoms with van der Waals surface area (Å²) in [5.41, 5.74) is -0.529. The van der Waals surface area contributed by atoms with E-state index in [0.29, 0.717) is 0 Å². The Hall–Kier alpha value is -0.500. The van der Waals surface area contributed by atoms with Crippen LogP contribution in [0.25, 0.3) is 0 Å². The molecule has 0 spiro atoms. The minimum Gasteiger partial charge on any atom is -0.481 e. The van der Waals surface area contributed by atoms with Crippen LogP contribution < -0.4 is 4.74 Å². The van der Waals surface area contributed by atoms with Crippen molar-refractivity contribution in [3.05, 3.63) is 20.9 Å². The van der Waals surface area contributed by atoms with E-state index in [1.807, 2.05) is 0 Å². The van der Waals surface area contributed by atoms with Gasteiger partial charge in [-0.15, -0.1) is 0 Å². The van der Waals surface area contributed by atoms with Crippen molar-refractivity contribution in [2.45, 2.75) is 6.43 Å². The number of methoxy groups -OCH3 is 1. The molecule has 3 nitrogen and oxygen atoms in total. The van der Waals surface area contributed by atoms with E-state index in [-0.39, 0.29) is 20.7 Å². The number of carbonyl (C=O) groups is 1. The molecule has 0 amide bonds. The molecule has 0 fully saturated rings. The zero-order valence-electron chi connectivity index (χ0n) is 7.43. The summed E-state index contributed by atoms with van der Waals surface area (Å²) in [6.45, 7) is 0. The van der Waals surface area contributed by atoms with Crippen molar-refractivity contribution in [2.24, 2.45) is 0 Å². The number of alkyl halides is 2. The number of rotatable bonds is 3. The van der Waals surface area contributed by atoms with E-state index < -0.39 is 11.7 Å². The molecular weight excluding hydrogens is 342 g/mol. The largest absolute Gasteiger partial charge is 0.481 e. The van der Waals surface area contributed by atoms with Gasteiger partial charge in [-0.1, -0.05) is 0 Å². The zero-order valence-corrected chi connectivity index (χ0v) is 10.3. The quantitative estimate of drug-likeness (QED) is 0.623. The van der Waals surface area contributed by atoms with Crippen LogP contribution in [-0.2, 0) is 0 Å². The van der Waals surface area contributed by atoms with Crippen molar-refractivity contribution in [1.82, 2.24) is 4.98 Å². The van der Waals surface area contributed by atoms with E-state index in [1.54, 1.807) is 22.6 Å². The molecule has 1 heterocycles. The van der Waals surface area contributed by atoms with E-state index in [0.717, 1.165) is 6.07 Å². The third kappa shape index (κ3) is 2.75. The number of carbonyl (C=O) groups excluding carboxylic acids is 1. The number of halogens is 4. The number of pyridine rings is 1. The minimum absolute atomic E-state index is 0.0448. The predicted molar refractivity (Wildman–Crippen MR) is 58.6 cm³/mol. The molecule has 0 radical (unpaired) electrons. The second kappa shape index (κ2) is 5.02. The maximum atomic E-state index is 12.5. The molecule has 0 atom stereocenters. The fourth-order valence-electron chi connectivity index (χ4n) is 0.918. The lowest BCUT2D eigenvalue weighted by Gasteiger charge is -2.08. The van der Waals surface area contributed by atoms with Gasteiger partial charge < -0.3 is 4.74 Å². The SMILES string of the molecule is COc1cc(C(F)F)c(I)c(C(=O)Cl)n1. The Labute approximate surface area is 103 Å². The molecule has 0 bridgehead atoms. The fourth-order valence-corrected chi connectivity index (χ4v) is 1.97. The first kappa shape index (κ1) is 12.6. The van der Waals surface area contributed by atoms with Crippen molar-refractivity contribution in [2.75, 3.05) is 7.11 Å². The Bertz CT molecular complexity index is 400. The van der Waals surface area contributed by atoms with Gasteiger partial charge >= 0.3 is 0 Å². The predicted octanol–water partition coefficient (Wildman–Crippen LogP) is 3.01. The van der Waals surface area contributed by atoms with Crippen LogP contribution in [0.5, 0.6) is 5.88 Å². The maximum absolute atomic E-state index is 12.5. The van der Waals surface area contributed by atoms with Crippen LogP contribution in [0.2, 0.25) is 0 Å². The highest BCUT2D eigenvalue weighted by atomic mass is 127. The summed E-state index contributed by atoms with van der Waals surface area (Å²) in [6.07, 6.45) is -2.71. The third-order valence-corrected chi connectivity index (χ3v) is 2.91. The van der Waals surface area contributed by atoms with Crippen LogP contribution in [0.4, 0.5) is 8.78 Å². The molecule has 7 heteroatoms. The molecule has 0 saturated carbocycles. The van der Waals surface area contributed by atoms with Crippen LogP contribution in [-0.4, -0.2) is 17.3 Å². The minimum atomic E-state index is -2.71. The summed E-state index contributed by atoms with van der Waals surface area (Å²) in [7, 11) is 1.27. The van der Waals surface area contributed by atoms with E-state index in [9.17, 15) is 13.6 Å². The van der Waals surface area contributed by atoms with E-state index in [1.165, 1.54) is 7.11 Å². The van der Waals surface area contributed by atoms with Crippen molar-refractivity contribution >= 4 is 39.4 Å². The van der Waals surface area contributed by atoms with Gasteiger partial charge in [0.1, 0.15) is 5.69 Å². The van der Waals surface area contributed by atoms with E-state index >= 15 is 0 Å². The van der Waals surface area contributed by atoms with Crippen LogP contribution in [0, 0.1) is 3.57 Å². The normalized spacial score (nSPS) is 10.5. The second-order valence-corrected chi connectivity index (χ2v) is 3.91. The molecule has 0 unspecified atom stereocenters. The van der Waals surface area contributed by atoms with Gasteiger partial charge in [0.15, 0.2) is 0 Å².